The molecule has 1 aliphatic heterocycles. The summed E-state index contributed by atoms with van der Waals surface area (Å²) in [7, 11) is 4.74. The molecule has 176 valence electrons. The molecular weight excluding hydrogens is 428 g/mol. The summed E-state index contributed by atoms with van der Waals surface area (Å²) in [5, 5.41) is 0. The molecule has 0 radical (unpaired) electrons. The zero-order valence-corrected chi connectivity index (χ0v) is 19.4. The summed E-state index contributed by atoms with van der Waals surface area (Å²) in [6.45, 7) is 3.23. The Labute approximate surface area is 192 Å². The van der Waals surface area contributed by atoms with E-state index in [2.05, 4.69) is 0 Å². The van der Waals surface area contributed by atoms with E-state index in [1.165, 1.54) is 21.0 Å². The predicted octanol–water partition coefficient (Wildman–Crippen LogP) is 3.48. The monoisotopic (exact) mass is 456 g/mol. The average molecular weight is 456 g/mol. The lowest BCUT2D eigenvalue weighted by atomic mass is 9.67. The van der Waals surface area contributed by atoms with Crippen molar-refractivity contribution < 1.29 is 38.0 Å². The molecule has 0 unspecified atom stereocenters. The van der Waals surface area contributed by atoms with Crippen molar-refractivity contribution in [1.29, 1.82) is 0 Å². The summed E-state index contributed by atoms with van der Waals surface area (Å²) < 4.78 is 33.3. The van der Waals surface area contributed by atoms with Crippen LogP contribution in [-0.2, 0) is 25.5 Å². The topological polar surface area (TPSA) is 89.5 Å². The van der Waals surface area contributed by atoms with Crippen LogP contribution in [0.1, 0.15) is 36.5 Å². The molecule has 0 bridgehead atoms. The van der Waals surface area contributed by atoms with E-state index in [1.807, 2.05) is 24.3 Å². The van der Waals surface area contributed by atoms with Crippen LogP contribution >= 0.6 is 0 Å². The van der Waals surface area contributed by atoms with Gasteiger partial charge in [-0.05, 0) is 47.4 Å². The molecule has 0 N–H and O–H groups in total. The Morgan fingerprint density at radius 3 is 2.15 bits per heavy atom. The lowest BCUT2D eigenvalue weighted by molar-refractivity contribution is -0.132. The minimum Gasteiger partial charge on any atom is -0.493 e. The van der Waals surface area contributed by atoms with Crippen LogP contribution in [-0.4, -0.2) is 46.2 Å². The number of rotatable bonds is 6. The van der Waals surface area contributed by atoms with E-state index in [0.717, 1.165) is 23.1 Å². The first kappa shape index (κ1) is 23.1. The Hall–Kier alpha value is -3.10. The molecule has 33 heavy (non-hydrogen) atoms. The fraction of sp³-hybridized carbons (Fsp3) is 0.440. The molecule has 2 aromatic carbocycles. The molecule has 1 heterocycles. The molecule has 4 rings (SSSR count). The maximum Gasteiger partial charge on any atom is 0.308 e. The van der Waals surface area contributed by atoms with Gasteiger partial charge in [0.25, 0.3) is 0 Å². The Balaban J connectivity index is 1.86. The average Bonchev–Trinajstić information content (AvgIpc) is 3.19. The minimum atomic E-state index is -0.422. The quantitative estimate of drug-likeness (QED) is 0.482. The number of benzene rings is 2. The molecule has 1 aliphatic carbocycles. The molecule has 8 heteroatoms. The van der Waals surface area contributed by atoms with Gasteiger partial charge in [0.1, 0.15) is 0 Å². The van der Waals surface area contributed by atoms with Crippen molar-refractivity contribution in [3.05, 3.63) is 47.0 Å². The summed E-state index contributed by atoms with van der Waals surface area (Å²) in [6.07, 6.45) is 0.431. The van der Waals surface area contributed by atoms with Gasteiger partial charge in [-0.15, -0.1) is 0 Å². The molecule has 0 aromatic heterocycles. The molecule has 8 nitrogen and oxygen atoms in total. The second-order valence-electron chi connectivity index (χ2n) is 8.25. The van der Waals surface area contributed by atoms with E-state index in [1.54, 1.807) is 20.3 Å². The first-order chi connectivity index (χ1) is 15.9. The Kier molecular flexibility index (Phi) is 6.58. The predicted molar refractivity (Wildman–Crippen MR) is 118 cm³/mol. The Bertz CT molecular complexity index is 1060. The number of fused-ring (bicyclic) bond motifs is 2. The second kappa shape index (κ2) is 9.41. The smallest absolute Gasteiger partial charge is 0.308 e. The van der Waals surface area contributed by atoms with Crippen LogP contribution in [0, 0.1) is 11.8 Å². The van der Waals surface area contributed by atoms with Crippen LogP contribution in [0.5, 0.6) is 23.0 Å². The van der Waals surface area contributed by atoms with Crippen molar-refractivity contribution in [2.45, 2.75) is 32.5 Å². The molecule has 2 aromatic rings. The maximum atomic E-state index is 11.7. The van der Waals surface area contributed by atoms with Gasteiger partial charge in [-0.2, -0.15) is 0 Å². The molecular formula is C25H28O8. The van der Waals surface area contributed by atoms with Gasteiger partial charge >= 0.3 is 11.9 Å². The van der Waals surface area contributed by atoms with Gasteiger partial charge in [0.05, 0.1) is 20.8 Å². The molecule has 0 amide bonds. The van der Waals surface area contributed by atoms with Crippen LogP contribution < -0.4 is 18.9 Å². The normalized spacial score (nSPS) is 23.3. The van der Waals surface area contributed by atoms with Gasteiger partial charge in [0, 0.05) is 38.7 Å². The van der Waals surface area contributed by atoms with Crippen LogP contribution in [0.15, 0.2) is 30.3 Å². The van der Waals surface area contributed by atoms with Crippen molar-refractivity contribution >= 4 is 11.9 Å². The van der Waals surface area contributed by atoms with Crippen molar-refractivity contribution in [1.82, 2.24) is 0 Å². The third-order valence-corrected chi connectivity index (χ3v) is 6.28. The molecule has 2 aliphatic rings. The van der Waals surface area contributed by atoms with Crippen molar-refractivity contribution in [3.63, 3.8) is 0 Å². The molecule has 0 spiro atoms. The largest absolute Gasteiger partial charge is 0.493 e. The summed E-state index contributed by atoms with van der Waals surface area (Å²) in [5.74, 6) is 1.02. The summed E-state index contributed by atoms with van der Waals surface area (Å²) in [6, 6.07) is 9.34. The number of carbonyl (C=O) groups excluding carboxylic acids is 2. The van der Waals surface area contributed by atoms with E-state index < -0.39 is 11.9 Å². The lowest BCUT2D eigenvalue weighted by Gasteiger charge is -2.36. The van der Waals surface area contributed by atoms with Crippen LogP contribution in [0.2, 0.25) is 0 Å². The second-order valence-corrected chi connectivity index (χ2v) is 8.25. The number of hydrogen-bond acceptors (Lipinski definition) is 8. The third-order valence-electron chi connectivity index (χ3n) is 6.28. The lowest BCUT2D eigenvalue weighted by Crippen LogP contribution is -2.33. The van der Waals surface area contributed by atoms with Crippen molar-refractivity contribution in [2.75, 3.05) is 27.9 Å². The fourth-order valence-corrected chi connectivity index (χ4v) is 5.00. The number of esters is 2. The first-order valence-electron chi connectivity index (χ1n) is 10.8. The number of carbonyl (C=O) groups is 2. The van der Waals surface area contributed by atoms with Gasteiger partial charge in [-0.3, -0.25) is 9.59 Å². The number of hydrogen-bond donors (Lipinski definition) is 0. The van der Waals surface area contributed by atoms with Gasteiger partial charge < -0.3 is 28.4 Å². The summed E-state index contributed by atoms with van der Waals surface area (Å²) in [4.78, 5) is 23.2. The first-order valence-corrected chi connectivity index (χ1v) is 10.8. The molecule has 0 saturated carbocycles. The van der Waals surface area contributed by atoms with E-state index >= 15 is 0 Å². The van der Waals surface area contributed by atoms with Crippen LogP contribution in [0.4, 0.5) is 0 Å². The van der Waals surface area contributed by atoms with Crippen molar-refractivity contribution in [2.24, 2.45) is 11.8 Å². The highest BCUT2D eigenvalue weighted by Crippen LogP contribution is 2.51. The van der Waals surface area contributed by atoms with Crippen LogP contribution in [0.3, 0.4) is 0 Å². The van der Waals surface area contributed by atoms with Gasteiger partial charge in [0.15, 0.2) is 29.3 Å². The third kappa shape index (κ3) is 4.41. The highest BCUT2D eigenvalue weighted by Gasteiger charge is 2.47. The highest BCUT2D eigenvalue weighted by molar-refractivity contribution is 5.71. The minimum absolute atomic E-state index is 0.0839. The fourth-order valence-electron chi connectivity index (χ4n) is 5.00. The summed E-state index contributed by atoms with van der Waals surface area (Å²) in [5.41, 5.74) is 3.07. The van der Waals surface area contributed by atoms with Gasteiger partial charge in [-0.1, -0.05) is 6.07 Å². The number of ether oxygens (including phenoxy) is 6. The van der Waals surface area contributed by atoms with E-state index in [9.17, 15) is 9.59 Å². The SMILES string of the molecule is COc1cc([C@H]2c3cc(OC(C)=O)c(OC)cc3C[C@H]3[C@@H](OC)OC[C@H]23)ccc1OC(C)=O. The zero-order chi connectivity index (χ0) is 23.7. The standard InChI is InChI=1S/C25H28O8/c1-13(26)32-20-7-6-15(9-21(20)28-3)24-17-11-23(33-14(2)27)22(29-4)10-16(17)8-18-19(24)12-31-25(18)30-5/h6-7,9-11,18-19,24-25H,8,12H2,1-5H3/t18-,19+,24+,25+/m1/s1. The van der Waals surface area contributed by atoms with Crippen LogP contribution in [0.25, 0.3) is 0 Å². The number of methoxy groups -OCH3 is 3. The van der Waals surface area contributed by atoms with Gasteiger partial charge in [-0.25, -0.2) is 0 Å². The Morgan fingerprint density at radius 1 is 0.848 bits per heavy atom. The highest BCUT2D eigenvalue weighted by atomic mass is 16.7. The zero-order valence-electron chi connectivity index (χ0n) is 19.4. The maximum absolute atomic E-state index is 11.7. The molecule has 4 atom stereocenters. The Morgan fingerprint density at radius 2 is 1.52 bits per heavy atom. The van der Waals surface area contributed by atoms with Crippen molar-refractivity contribution in [3.8, 4) is 23.0 Å². The summed E-state index contributed by atoms with van der Waals surface area (Å²) >= 11 is 0. The molecule has 1 fully saturated rings. The van der Waals surface area contributed by atoms with E-state index in [0.29, 0.717) is 29.6 Å². The van der Waals surface area contributed by atoms with Gasteiger partial charge in [0.2, 0.25) is 0 Å². The van der Waals surface area contributed by atoms with E-state index in [-0.39, 0.29) is 24.0 Å². The van der Waals surface area contributed by atoms with E-state index in [4.69, 9.17) is 28.4 Å². The molecule has 1 saturated heterocycles.